The van der Waals surface area contributed by atoms with Crippen LogP contribution >= 0.6 is 0 Å². The molecular formula is C14H24N2O3. The van der Waals surface area contributed by atoms with Crippen LogP contribution in [0.1, 0.15) is 44.9 Å². The quantitative estimate of drug-likeness (QED) is 0.778. The van der Waals surface area contributed by atoms with Crippen molar-refractivity contribution in [1.82, 2.24) is 10.2 Å². The fourth-order valence-corrected chi connectivity index (χ4v) is 3.03. The number of hydrogen-bond acceptors (Lipinski definition) is 3. The van der Waals surface area contributed by atoms with E-state index in [9.17, 15) is 9.59 Å². The summed E-state index contributed by atoms with van der Waals surface area (Å²) in [6.45, 7) is 1.24. The Bertz CT molecular complexity index is 325. The molecule has 1 unspecified atom stereocenters. The molecule has 1 heterocycles. The van der Waals surface area contributed by atoms with E-state index in [0.29, 0.717) is 13.1 Å². The second-order valence-electron chi connectivity index (χ2n) is 5.60. The highest BCUT2D eigenvalue weighted by Crippen LogP contribution is 2.23. The van der Waals surface area contributed by atoms with Crippen molar-refractivity contribution in [3.8, 4) is 0 Å². The molecule has 2 rings (SSSR count). The van der Waals surface area contributed by atoms with Gasteiger partial charge in [0.2, 0.25) is 5.91 Å². The van der Waals surface area contributed by atoms with Gasteiger partial charge >= 0.3 is 6.09 Å². The van der Waals surface area contributed by atoms with Crippen molar-refractivity contribution in [3.05, 3.63) is 0 Å². The Labute approximate surface area is 114 Å². The Morgan fingerprint density at radius 3 is 2.42 bits per heavy atom. The first-order chi connectivity index (χ1) is 9.20. The topological polar surface area (TPSA) is 58.6 Å². The third-order valence-corrected chi connectivity index (χ3v) is 4.19. The molecular weight excluding hydrogens is 244 g/mol. The summed E-state index contributed by atoms with van der Waals surface area (Å²) in [5.41, 5.74) is 0. The number of carbonyl (C=O) groups is 2. The van der Waals surface area contributed by atoms with Crippen molar-refractivity contribution in [2.75, 3.05) is 20.2 Å². The molecule has 5 heteroatoms. The first kappa shape index (κ1) is 14.2. The number of carbonyl (C=O) groups excluding carboxylic acids is 2. The van der Waals surface area contributed by atoms with Crippen LogP contribution in [-0.4, -0.2) is 43.1 Å². The summed E-state index contributed by atoms with van der Waals surface area (Å²) in [7, 11) is 1.39. The highest BCUT2D eigenvalue weighted by Gasteiger charge is 2.29. The number of hydrogen-bond donors (Lipinski definition) is 1. The van der Waals surface area contributed by atoms with Crippen LogP contribution in [0.4, 0.5) is 4.79 Å². The Hall–Kier alpha value is -1.26. The number of ether oxygens (including phenoxy) is 1. The van der Waals surface area contributed by atoms with Gasteiger partial charge in [-0.2, -0.15) is 0 Å². The molecule has 5 nitrogen and oxygen atoms in total. The molecule has 1 saturated heterocycles. The molecule has 0 spiro atoms. The van der Waals surface area contributed by atoms with Crippen molar-refractivity contribution in [1.29, 1.82) is 0 Å². The fraction of sp³-hybridized carbons (Fsp3) is 0.857. The van der Waals surface area contributed by atoms with Crippen molar-refractivity contribution in [2.45, 2.75) is 51.0 Å². The summed E-state index contributed by atoms with van der Waals surface area (Å²) in [5, 5.41) is 3.10. The van der Waals surface area contributed by atoms with Crippen LogP contribution in [0.5, 0.6) is 0 Å². The molecule has 1 aliphatic carbocycles. The summed E-state index contributed by atoms with van der Waals surface area (Å²) < 4.78 is 4.69. The third-order valence-electron chi connectivity index (χ3n) is 4.19. The second kappa shape index (κ2) is 6.78. The molecule has 1 aliphatic heterocycles. The maximum Gasteiger partial charge on any atom is 0.409 e. The third kappa shape index (κ3) is 3.85. The largest absolute Gasteiger partial charge is 0.453 e. The number of likely N-dealkylation sites (tertiary alicyclic amines) is 1. The van der Waals surface area contributed by atoms with Crippen molar-refractivity contribution in [3.63, 3.8) is 0 Å². The predicted molar refractivity (Wildman–Crippen MR) is 71.7 cm³/mol. The van der Waals surface area contributed by atoms with Gasteiger partial charge in [0, 0.05) is 25.0 Å². The number of nitrogens with zero attached hydrogens (tertiary/aromatic N) is 1. The van der Waals surface area contributed by atoms with Gasteiger partial charge in [-0.25, -0.2) is 4.79 Å². The van der Waals surface area contributed by atoms with Crippen LogP contribution < -0.4 is 5.32 Å². The molecule has 0 bridgehead atoms. The van der Waals surface area contributed by atoms with E-state index in [4.69, 9.17) is 4.74 Å². The molecule has 2 fully saturated rings. The lowest BCUT2D eigenvalue weighted by Gasteiger charge is -2.19. The lowest BCUT2D eigenvalue weighted by Crippen LogP contribution is -2.41. The van der Waals surface area contributed by atoms with Crippen molar-refractivity contribution >= 4 is 12.0 Å². The zero-order chi connectivity index (χ0) is 13.7. The van der Waals surface area contributed by atoms with Gasteiger partial charge in [0.25, 0.3) is 0 Å². The predicted octanol–water partition coefficient (Wildman–Crippen LogP) is 1.91. The highest BCUT2D eigenvalue weighted by atomic mass is 16.5. The molecule has 1 saturated carbocycles. The molecule has 1 N–H and O–H groups in total. The summed E-state index contributed by atoms with van der Waals surface area (Å²) in [5.74, 6) is 0.355. The first-order valence-corrected chi connectivity index (χ1v) is 7.34. The molecule has 0 aromatic heterocycles. The lowest BCUT2D eigenvalue weighted by molar-refractivity contribution is -0.126. The molecule has 0 aromatic carbocycles. The Morgan fingerprint density at radius 1 is 1.11 bits per heavy atom. The van der Waals surface area contributed by atoms with Crippen LogP contribution in [0.15, 0.2) is 0 Å². The van der Waals surface area contributed by atoms with Crippen LogP contribution in [0.25, 0.3) is 0 Å². The molecule has 0 radical (unpaired) electrons. The van der Waals surface area contributed by atoms with Crippen LogP contribution in [0, 0.1) is 5.92 Å². The number of amides is 2. The Morgan fingerprint density at radius 2 is 1.79 bits per heavy atom. The van der Waals surface area contributed by atoms with E-state index >= 15 is 0 Å². The van der Waals surface area contributed by atoms with E-state index < -0.39 is 0 Å². The number of nitrogens with one attached hydrogen (secondary N) is 1. The lowest BCUT2D eigenvalue weighted by atomic mass is 9.99. The Balaban J connectivity index is 1.78. The molecule has 108 valence electrons. The van der Waals surface area contributed by atoms with Gasteiger partial charge in [0.15, 0.2) is 0 Å². The fourth-order valence-electron chi connectivity index (χ4n) is 3.03. The van der Waals surface area contributed by atoms with Crippen LogP contribution in [0.3, 0.4) is 0 Å². The summed E-state index contributed by atoms with van der Waals surface area (Å²) in [6.07, 6.45) is 7.39. The zero-order valence-corrected chi connectivity index (χ0v) is 11.7. The molecule has 1 atom stereocenters. The highest BCUT2D eigenvalue weighted by molar-refractivity contribution is 5.79. The number of rotatable bonds is 2. The number of methoxy groups -OCH3 is 1. The van der Waals surface area contributed by atoms with Crippen LogP contribution in [-0.2, 0) is 9.53 Å². The second-order valence-corrected chi connectivity index (χ2v) is 5.60. The zero-order valence-electron chi connectivity index (χ0n) is 11.7. The van der Waals surface area contributed by atoms with Gasteiger partial charge < -0.3 is 15.0 Å². The summed E-state index contributed by atoms with van der Waals surface area (Å²) in [4.78, 5) is 25.2. The van der Waals surface area contributed by atoms with E-state index in [1.165, 1.54) is 20.0 Å². The van der Waals surface area contributed by atoms with E-state index in [-0.39, 0.29) is 24.0 Å². The van der Waals surface area contributed by atoms with Crippen LogP contribution in [0.2, 0.25) is 0 Å². The van der Waals surface area contributed by atoms with Crippen molar-refractivity contribution < 1.29 is 14.3 Å². The van der Waals surface area contributed by atoms with Gasteiger partial charge in [-0.3, -0.25) is 4.79 Å². The molecule has 2 aliphatic rings. The maximum absolute atomic E-state index is 12.2. The average molecular weight is 268 g/mol. The average Bonchev–Trinajstić information content (AvgIpc) is 2.71. The van der Waals surface area contributed by atoms with E-state index in [2.05, 4.69) is 5.32 Å². The minimum atomic E-state index is -0.300. The van der Waals surface area contributed by atoms with E-state index in [1.54, 1.807) is 4.90 Å². The monoisotopic (exact) mass is 268 g/mol. The summed E-state index contributed by atoms with van der Waals surface area (Å²) >= 11 is 0. The minimum absolute atomic E-state index is 0.0925. The van der Waals surface area contributed by atoms with Gasteiger partial charge in [-0.15, -0.1) is 0 Å². The van der Waals surface area contributed by atoms with Gasteiger partial charge in [0.05, 0.1) is 7.11 Å². The molecule has 2 amide bonds. The van der Waals surface area contributed by atoms with E-state index in [0.717, 1.165) is 32.1 Å². The van der Waals surface area contributed by atoms with Gasteiger partial charge in [-0.05, 0) is 19.3 Å². The van der Waals surface area contributed by atoms with Gasteiger partial charge in [-0.1, -0.05) is 25.7 Å². The standard InChI is InChI=1S/C14H24N2O3/c1-19-14(18)16-9-8-12(10-16)15-13(17)11-6-4-2-3-5-7-11/h11-12H,2-10H2,1H3,(H,15,17). The van der Waals surface area contributed by atoms with Gasteiger partial charge in [0.1, 0.15) is 0 Å². The SMILES string of the molecule is COC(=O)N1CCC(NC(=O)C2CCCCCC2)C1. The van der Waals surface area contributed by atoms with E-state index in [1.807, 2.05) is 0 Å². The normalized spacial score (nSPS) is 24.9. The minimum Gasteiger partial charge on any atom is -0.453 e. The molecule has 19 heavy (non-hydrogen) atoms. The Kier molecular flexibility index (Phi) is 5.05. The maximum atomic E-state index is 12.2. The van der Waals surface area contributed by atoms with Crippen molar-refractivity contribution in [2.24, 2.45) is 5.92 Å². The molecule has 0 aromatic rings. The summed E-state index contributed by atoms with van der Waals surface area (Å²) in [6, 6.07) is 0.0925. The smallest absolute Gasteiger partial charge is 0.409 e. The first-order valence-electron chi connectivity index (χ1n) is 7.34.